The fraction of sp³-hybridized carbons (Fsp3) is 0.600. The summed E-state index contributed by atoms with van der Waals surface area (Å²) in [5, 5.41) is 17.0. The molecule has 3 rings (SSSR count). The van der Waals surface area contributed by atoms with Crippen LogP contribution >= 0.6 is 0 Å². The predicted molar refractivity (Wildman–Crippen MR) is 78.4 cm³/mol. The Balaban J connectivity index is 2.15. The van der Waals surface area contributed by atoms with Gasteiger partial charge in [-0.05, 0) is 39.4 Å². The molecule has 3 heterocycles. The lowest BCUT2D eigenvalue weighted by molar-refractivity contribution is 0.197. The minimum Gasteiger partial charge on any atom is -0.420 e. The molecule has 0 bridgehead atoms. The Hall–Kier alpha value is -2.00. The Labute approximate surface area is 124 Å². The van der Waals surface area contributed by atoms with Crippen LogP contribution in [-0.4, -0.2) is 35.2 Å². The molecule has 3 N–H and O–H groups in total. The Morgan fingerprint density at radius 3 is 2.81 bits per heavy atom. The first-order chi connectivity index (χ1) is 10.1. The third kappa shape index (κ3) is 2.00. The van der Waals surface area contributed by atoms with Crippen molar-refractivity contribution in [1.82, 2.24) is 15.1 Å². The average Bonchev–Trinajstić information content (AvgIpc) is 2.86. The number of nitrogens with two attached hydrogens (primary N) is 1. The summed E-state index contributed by atoms with van der Waals surface area (Å²) in [6, 6.07) is 2.30. The molecule has 2 aliphatic heterocycles. The van der Waals surface area contributed by atoms with Gasteiger partial charge in [-0.3, -0.25) is 5.10 Å². The lowest BCUT2D eigenvalue weighted by Crippen LogP contribution is -2.45. The smallest absolute Gasteiger partial charge is 0.244 e. The van der Waals surface area contributed by atoms with Crippen molar-refractivity contribution < 1.29 is 4.74 Å². The minimum atomic E-state index is -0.337. The maximum Gasteiger partial charge on any atom is 0.244 e. The normalized spacial score (nSPS) is 21.0. The van der Waals surface area contributed by atoms with Gasteiger partial charge in [0.25, 0.3) is 0 Å². The maximum absolute atomic E-state index is 9.62. The number of fused-ring (bicyclic) bond motifs is 2. The van der Waals surface area contributed by atoms with Gasteiger partial charge < -0.3 is 15.4 Å². The highest BCUT2D eigenvalue weighted by molar-refractivity contribution is 5.54. The monoisotopic (exact) mass is 287 g/mol. The predicted octanol–water partition coefficient (Wildman–Crippen LogP) is 1.41. The second-order valence-electron chi connectivity index (χ2n) is 5.97. The van der Waals surface area contributed by atoms with E-state index < -0.39 is 0 Å². The van der Waals surface area contributed by atoms with E-state index in [1.807, 2.05) is 0 Å². The molecule has 0 saturated carbocycles. The van der Waals surface area contributed by atoms with Crippen molar-refractivity contribution in [3.63, 3.8) is 0 Å². The van der Waals surface area contributed by atoms with Gasteiger partial charge in [0, 0.05) is 16.7 Å². The lowest BCUT2D eigenvalue weighted by atomic mass is 9.66. The molecule has 0 aromatic carbocycles. The van der Waals surface area contributed by atoms with Crippen molar-refractivity contribution in [2.24, 2.45) is 5.73 Å². The zero-order chi connectivity index (χ0) is 15.0. The van der Waals surface area contributed by atoms with Gasteiger partial charge >= 0.3 is 0 Å². The van der Waals surface area contributed by atoms with E-state index in [1.54, 1.807) is 0 Å². The molecule has 0 unspecified atom stereocenters. The summed E-state index contributed by atoms with van der Waals surface area (Å²) in [4.78, 5) is 2.28. The van der Waals surface area contributed by atoms with Crippen LogP contribution < -0.4 is 10.5 Å². The maximum atomic E-state index is 9.62. The van der Waals surface area contributed by atoms with Crippen LogP contribution in [0.4, 0.5) is 0 Å². The summed E-state index contributed by atoms with van der Waals surface area (Å²) >= 11 is 0. The molecule has 0 radical (unpaired) electrons. The van der Waals surface area contributed by atoms with Gasteiger partial charge in [-0.1, -0.05) is 13.3 Å². The highest BCUT2D eigenvalue weighted by atomic mass is 16.5. The molecule has 1 aromatic rings. The SMILES string of the molecule is CCCc1[nH]nc2c1C1(CCN(C)CC1)C(C#N)=C(N)O2. The first-order valence-electron chi connectivity index (χ1n) is 7.47. The molecule has 0 amide bonds. The van der Waals surface area contributed by atoms with E-state index in [4.69, 9.17) is 10.5 Å². The van der Waals surface area contributed by atoms with Gasteiger partial charge in [0.05, 0.1) is 0 Å². The minimum absolute atomic E-state index is 0.212. The number of piperidine rings is 1. The highest BCUT2D eigenvalue weighted by Gasteiger charge is 2.48. The highest BCUT2D eigenvalue weighted by Crippen LogP contribution is 2.49. The van der Waals surface area contributed by atoms with E-state index in [9.17, 15) is 5.26 Å². The van der Waals surface area contributed by atoms with Crippen LogP contribution in [0.3, 0.4) is 0 Å². The van der Waals surface area contributed by atoms with E-state index in [2.05, 4.69) is 35.1 Å². The topological polar surface area (TPSA) is 91.0 Å². The Bertz CT molecular complexity index is 616. The molecule has 1 saturated heterocycles. The number of aromatic nitrogens is 2. The molecule has 6 nitrogen and oxygen atoms in total. The molecular formula is C15H21N5O. The number of likely N-dealkylation sites (tertiary alicyclic amines) is 1. The molecule has 2 aliphatic rings. The number of nitriles is 1. The van der Waals surface area contributed by atoms with E-state index in [1.165, 1.54) is 0 Å². The Morgan fingerprint density at radius 2 is 2.19 bits per heavy atom. The van der Waals surface area contributed by atoms with Crippen molar-refractivity contribution in [3.05, 3.63) is 22.7 Å². The van der Waals surface area contributed by atoms with Gasteiger partial charge in [0.2, 0.25) is 11.8 Å². The van der Waals surface area contributed by atoms with Gasteiger partial charge in [0.1, 0.15) is 11.6 Å². The molecule has 112 valence electrons. The summed E-state index contributed by atoms with van der Waals surface area (Å²) in [5.41, 5.74) is 8.37. The van der Waals surface area contributed by atoms with Gasteiger partial charge in [0.15, 0.2) is 0 Å². The van der Waals surface area contributed by atoms with E-state index in [0.717, 1.165) is 50.0 Å². The van der Waals surface area contributed by atoms with Crippen LogP contribution in [0, 0.1) is 11.3 Å². The third-order valence-electron chi connectivity index (χ3n) is 4.67. The molecule has 0 aliphatic carbocycles. The number of ether oxygens (including phenoxy) is 1. The van der Waals surface area contributed by atoms with Crippen molar-refractivity contribution in [1.29, 1.82) is 5.26 Å². The number of hydrogen-bond donors (Lipinski definition) is 2. The number of H-pyrrole nitrogens is 1. The Morgan fingerprint density at radius 1 is 1.48 bits per heavy atom. The number of aromatic amines is 1. The van der Waals surface area contributed by atoms with Gasteiger partial charge in [-0.15, -0.1) is 5.10 Å². The number of nitrogens with zero attached hydrogens (tertiary/aromatic N) is 3. The van der Waals surface area contributed by atoms with Gasteiger partial charge in [-0.2, -0.15) is 5.26 Å². The molecule has 1 aromatic heterocycles. The van der Waals surface area contributed by atoms with E-state index >= 15 is 0 Å². The zero-order valence-corrected chi connectivity index (χ0v) is 12.6. The van der Waals surface area contributed by atoms with Crippen molar-refractivity contribution in [2.75, 3.05) is 20.1 Å². The van der Waals surface area contributed by atoms with Crippen molar-refractivity contribution in [3.8, 4) is 11.9 Å². The number of hydrogen-bond acceptors (Lipinski definition) is 5. The standard InChI is InChI=1S/C15H21N5O/c1-3-4-11-12-14(19-18-11)21-13(17)10(9-16)15(12)5-7-20(2)8-6-15/h3-8,17H2,1-2H3,(H,18,19). The van der Waals surface area contributed by atoms with Crippen LogP contribution in [0.2, 0.25) is 0 Å². The number of aryl methyl sites for hydroxylation is 1. The zero-order valence-electron chi connectivity index (χ0n) is 12.6. The number of rotatable bonds is 2. The first kappa shape index (κ1) is 14.0. The number of nitrogens with one attached hydrogen (secondary N) is 1. The van der Waals surface area contributed by atoms with Crippen LogP contribution in [0.1, 0.15) is 37.4 Å². The average molecular weight is 287 g/mol. The quantitative estimate of drug-likeness (QED) is 0.858. The van der Waals surface area contributed by atoms with Gasteiger partial charge in [-0.25, -0.2) is 0 Å². The Kier molecular flexibility index (Phi) is 3.38. The lowest BCUT2D eigenvalue weighted by Gasteiger charge is -2.42. The summed E-state index contributed by atoms with van der Waals surface area (Å²) in [5.74, 6) is 0.767. The summed E-state index contributed by atoms with van der Waals surface area (Å²) in [7, 11) is 2.11. The second kappa shape index (κ2) is 5.08. The summed E-state index contributed by atoms with van der Waals surface area (Å²) < 4.78 is 5.60. The fourth-order valence-electron chi connectivity index (χ4n) is 3.54. The molecule has 1 spiro atoms. The second-order valence-corrected chi connectivity index (χ2v) is 5.97. The molecule has 1 fully saturated rings. The van der Waals surface area contributed by atoms with Crippen molar-refractivity contribution in [2.45, 2.75) is 38.0 Å². The van der Waals surface area contributed by atoms with Crippen LogP contribution in [0.25, 0.3) is 0 Å². The fourth-order valence-corrected chi connectivity index (χ4v) is 3.54. The van der Waals surface area contributed by atoms with E-state index in [0.29, 0.717) is 11.5 Å². The van der Waals surface area contributed by atoms with Crippen molar-refractivity contribution >= 4 is 0 Å². The molecule has 6 heteroatoms. The summed E-state index contributed by atoms with van der Waals surface area (Å²) in [6.45, 7) is 4.01. The summed E-state index contributed by atoms with van der Waals surface area (Å²) in [6.07, 6.45) is 3.67. The molecule has 0 atom stereocenters. The molecular weight excluding hydrogens is 266 g/mol. The number of allylic oxidation sites excluding steroid dienone is 1. The van der Waals surface area contributed by atoms with Crippen LogP contribution in [-0.2, 0) is 11.8 Å². The third-order valence-corrected chi connectivity index (χ3v) is 4.67. The molecule has 21 heavy (non-hydrogen) atoms. The first-order valence-corrected chi connectivity index (χ1v) is 7.47. The largest absolute Gasteiger partial charge is 0.420 e. The van der Waals surface area contributed by atoms with Crippen LogP contribution in [0.5, 0.6) is 5.88 Å². The van der Waals surface area contributed by atoms with E-state index in [-0.39, 0.29) is 11.3 Å². The van der Waals surface area contributed by atoms with Crippen LogP contribution in [0.15, 0.2) is 11.5 Å².